The predicted octanol–water partition coefficient (Wildman–Crippen LogP) is 5.27. The smallest absolute Gasteiger partial charge is 0.434 e. The number of carbonyl (C=O) groups is 1. The van der Waals surface area contributed by atoms with Crippen LogP contribution >= 0.6 is 0 Å². The summed E-state index contributed by atoms with van der Waals surface area (Å²) in [5.41, 5.74) is -0.168. The number of benzene rings is 1. The van der Waals surface area contributed by atoms with E-state index in [0.29, 0.717) is 16.5 Å². The molecule has 8 heteroatoms. The summed E-state index contributed by atoms with van der Waals surface area (Å²) in [6.07, 6.45) is -3.58. The topological polar surface area (TPSA) is 76.5 Å². The van der Waals surface area contributed by atoms with Crippen LogP contribution in [0.5, 0.6) is 0 Å². The standard InChI is InChI=1S/C18H10F3NO4/c1-8-15(17(23)24)10-6-9(2-3-12(10)25-8)14-7-11-13(26-14)4-5-22-16(11)18(19,20)21/h2-7H,1H3,(H,23,24). The number of halogens is 3. The van der Waals surface area contributed by atoms with Crippen molar-refractivity contribution in [1.82, 2.24) is 4.98 Å². The van der Waals surface area contributed by atoms with Gasteiger partial charge in [0.2, 0.25) is 0 Å². The number of carboxylic acids is 1. The van der Waals surface area contributed by atoms with Crippen LogP contribution < -0.4 is 0 Å². The van der Waals surface area contributed by atoms with E-state index in [0.717, 1.165) is 6.20 Å². The first-order valence-corrected chi connectivity index (χ1v) is 7.48. The molecule has 26 heavy (non-hydrogen) atoms. The summed E-state index contributed by atoms with van der Waals surface area (Å²) in [4.78, 5) is 14.8. The molecule has 0 aliphatic rings. The molecule has 0 bridgehead atoms. The van der Waals surface area contributed by atoms with Gasteiger partial charge in [-0.3, -0.25) is 4.98 Å². The second-order valence-corrected chi connectivity index (χ2v) is 5.73. The molecular formula is C18H10F3NO4. The van der Waals surface area contributed by atoms with Crippen molar-refractivity contribution in [2.75, 3.05) is 0 Å². The molecule has 0 aliphatic carbocycles. The van der Waals surface area contributed by atoms with Crippen molar-refractivity contribution in [2.45, 2.75) is 13.1 Å². The molecule has 0 saturated heterocycles. The lowest BCUT2D eigenvalue weighted by molar-refractivity contribution is -0.139. The van der Waals surface area contributed by atoms with Gasteiger partial charge in [0.1, 0.15) is 28.2 Å². The van der Waals surface area contributed by atoms with Crippen molar-refractivity contribution in [3.63, 3.8) is 0 Å². The summed E-state index contributed by atoms with van der Waals surface area (Å²) >= 11 is 0. The van der Waals surface area contributed by atoms with Crippen LogP contribution in [0.4, 0.5) is 13.2 Å². The van der Waals surface area contributed by atoms with E-state index in [1.165, 1.54) is 25.1 Å². The first kappa shape index (κ1) is 16.2. The van der Waals surface area contributed by atoms with Gasteiger partial charge in [-0.1, -0.05) is 0 Å². The Bertz CT molecular complexity index is 1170. The van der Waals surface area contributed by atoms with Crippen LogP contribution in [0.25, 0.3) is 33.3 Å². The predicted molar refractivity (Wildman–Crippen MR) is 85.9 cm³/mol. The minimum Gasteiger partial charge on any atom is -0.478 e. The Morgan fingerprint density at radius 2 is 1.81 bits per heavy atom. The Kier molecular flexibility index (Phi) is 3.33. The fourth-order valence-electron chi connectivity index (χ4n) is 2.97. The zero-order valence-electron chi connectivity index (χ0n) is 13.2. The summed E-state index contributed by atoms with van der Waals surface area (Å²) in [5.74, 6) is -0.722. The number of aromatic carboxylic acids is 1. The Morgan fingerprint density at radius 1 is 1.08 bits per heavy atom. The number of aryl methyl sites for hydroxylation is 1. The summed E-state index contributed by atoms with van der Waals surface area (Å²) in [5, 5.41) is 9.53. The van der Waals surface area contributed by atoms with E-state index >= 15 is 0 Å². The molecule has 3 heterocycles. The van der Waals surface area contributed by atoms with Gasteiger partial charge in [0.05, 0.1) is 5.39 Å². The molecular weight excluding hydrogens is 351 g/mol. The first-order valence-electron chi connectivity index (χ1n) is 7.48. The molecule has 0 radical (unpaired) electrons. The maximum Gasteiger partial charge on any atom is 0.434 e. The molecule has 1 aromatic carbocycles. The van der Waals surface area contributed by atoms with Crippen molar-refractivity contribution >= 4 is 27.9 Å². The number of rotatable bonds is 2. The van der Waals surface area contributed by atoms with E-state index < -0.39 is 17.8 Å². The average Bonchev–Trinajstić information content (AvgIpc) is 3.12. The SMILES string of the molecule is Cc1oc2ccc(-c3cc4c(C(F)(F)F)nccc4o3)cc2c1C(=O)O. The van der Waals surface area contributed by atoms with Gasteiger partial charge in [-0.25, -0.2) is 4.79 Å². The highest BCUT2D eigenvalue weighted by atomic mass is 19.4. The van der Waals surface area contributed by atoms with Crippen molar-refractivity contribution < 1.29 is 31.9 Å². The second kappa shape index (κ2) is 5.35. The largest absolute Gasteiger partial charge is 0.478 e. The van der Waals surface area contributed by atoms with Gasteiger partial charge in [-0.15, -0.1) is 0 Å². The number of hydrogen-bond acceptors (Lipinski definition) is 4. The highest BCUT2D eigenvalue weighted by Gasteiger charge is 2.35. The molecule has 1 N–H and O–H groups in total. The summed E-state index contributed by atoms with van der Waals surface area (Å²) in [6.45, 7) is 1.53. The van der Waals surface area contributed by atoms with Crippen molar-refractivity contribution in [3.05, 3.63) is 53.5 Å². The third-order valence-electron chi connectivity index (χ3n) is 4.08. The fourth-order valence-corrected chi connectivity index (χ4v) is 2.97. The third kappa shape index (κ3) is 2.42. The maximum atomic E-state index is 13.1. The van der Waals surface area contributed by atoms with Crippen LogP contribution in [0.3, 0.4) is 0 Å². The molecule has 0 aliphatic heterocycles. The van der Waals surface area contributed by atoms with Gasteiger partial charge in [0, 0.05) is 17.1 Å². The molecule has 4 aromatic rings. The van der Waals surface area contributed by atoms with E-state index in [2.05, 4.69) is 4.98 Å². The maximum absolute atomic E-state index is 13.1. The van der Waals surface area contributed by atoms with Crippen molar-refractivity contribution in [2.24, 2.45) is 0 Å². The molecule has 132 valence electrons. The molecule has 0 unspecified atom stereocenters. The van der Waals surface area contributed by atoms with Crippen LogP contribution in [0, 0.1) is 6.92 Å². The van der Waals surface area contributed by atoms with Gasteiger partial charge < -0.3 is 13.9 Å². The summed E-state index contributed by atoms with van der Waals surface area (Å²) in [6, 6.07) is 7.26. The van der Waals surface area contributed by atoms with Crippen LogP contribution in [0.1, 0.15) is 21.8 Å². The highest BCUT2D eigenvalue weighted by Crippen LogP contribution is 2.38. The second-order valence-electron chi connectivity index (χ2n) is 5.73. The first-order chi connectivity index (χ1) is 12.3. The molecule has 0 atom stereocenters. The van der Waals surface area contributed by atoms with Crippen LogP contribution in [0.2, 0.25) is 0 Å². The van der Waals surface area contributed by atoms with Crippen LogP contribution in [0.15, 0.2) is 45.4 Å². The number of fused-ring (bicyclic) bond motifs is 2. The van der Waals surface area contributed by atoms with E-state index in [9.17, 15) is 23.1 Å². The third-order valence-corrected chi connectivity index (χ3v) is 4.08. The number of alkyl halides is 3. The average molecular weight is 361 g/mol. The minimum atomic E-state index is -4.61. The number of furan rings is 2. The molecule has 0 amide bonds. The Morgan fingerprint density at radius 3 is 2.50 bits per heavy atom. The fraction of sp³-hybridized carbons (Fsp3) is 0.111. The number of hydrogen-bond donors (Lipinski definition) is 1. The van der Waals surface area contributed by atoms with E-state index in [1.54, 1.807) is 12.1 Å². The zero-order chi connectivity index (χ0) is 18.6. The van der Waals surface area contributed by atoms with Gasteiger partial charge in [0.15, 0.2) is 5.69 Å². The minimum absolute atomic E-state index is 0.00982. The number of nitrogens with zero attached hydrogens (tertiary/aromatic N) is 1. The summed E-state index contributed by atoms with van der Waals surface area (Å²) < 4.78 is 50.2. The molecule has 0 saturated carbocycles. The van der Waals surface area contributed by atoms with Gasteiger partial charge in [-0.05, 0) is 37.3 Å². The zero-order valence-corrected chi connectivity index (χ0v) is 13.2. The number of carboxylic acid groups (broad SMARTS) is 1. The van der Waals surface area contributed by atoms with Gasteiger partial charge in [0.25, 0.3) is 0 Å². The Labute approximate surface area is 143 Å². The lowest BCUT2D eigenvalue weighted by atomic mass is 10.1. The van der Waals surface area contributed by atoms with Crippen LogP contribution in [-0.4, -0.2) is 16.1 Å². The monoisotopic (exact) mass is 361 g/mol. The van der Waals surface area contributed by atoms with Crippen molar-refractivity contribution in [1.29, 1.82) is 0 Å². The Balaban J connectivity index is 1.93. The summed E-state index contributed by atoms with van der Waals surface area (Å²) in [7, 11) is 0. The molecule has 0 spiro atoms. The normalized spacial score (nSPS) is 12.2. The molecule has 3 aromatic heterocycles. The van der Waals surface area contributed by atoms with Gasteiger partial charge >= 0.3 is 12.1 Å². The van der Waals surface area contributed by atoms with E-state index in [-0.39, 0.29) is 28.1 Å². The molecule has 0 fully saturated rings. The number of pyridine rings is 1. The lowest BCUT2D eigenvalue weighted by Crippen LogP contribution is -2.07. The van der Waals surface area contributed by atoms with E-state index in [1.807, 2.05) is 0 Å². The molecule has 5 nitrogen and oxygen atoms in total. The molecule has 4 rings (SSSR count). The van der Waals surface area contributed by atoms with Crippen molar-refractivity contribution in [3.8, 4) is 11.3 Å². The highest BCUT2D eigenvalue weighted by molar-refractivity contribution is 6.04. The van der Waals surface area contributed by atoms with E-state index in [4.69, 9.17) is 8.83 Å². The van der Waals surface area contributed by atoms with Crippen LogP contribution in [-0.2, 0) is 6.18 Å². The quantitative estimate of drug-likeness (QED) is 0.527. The lowest BCUT2D eigenvalue weighted by Gasteiger charge is -2.04. The number of aromatic nitrogens is 1. The Hall–Kier alpha value is -3.29. The van der Waals surface area contributed by atoms with Gasteiger partial charge in [-0.2, -0.15) is 13.2 Å².